The molecule has 7 heteroatoms. The van der Waals surface area contributed by atoms with E-state index in [0.717, 1.165) is 12.8 Å². The van der Waals surface area contributed by atoms with Crippen LogP contribution in [0.3, 0.4) is 0 Å². The molecule has 1 amide bonds. The van der Waals surface area contributed by atoms with E-state index < -0.39 is 10.0 Å². The summed E-state index contributed by atoms with van der Waals surface area (Å²) in [6, 6.07) is 1.36. The highest BCUT2D eigenvalue weighted by Crippen LogP contribution is 2.14. The van der Waals surface area contributed by atoms with Crippen LogP contribution < -0.4 is 10.5 Å². The number of nitrogens with zero attached hydrogens (tertiary/aromatic N) is 1. The maximum absolute atomic E-state index is 12.3. The molecule has 0 bridgehead atoms. The van der Waals surface area contributed by atoms with E-state index in [-0.39, 0.29) is 16.8 Å². The van der Waals surface area contributed by atoms with Crippen LogP contribution in [0.15, 0.2) is 17.2 Å². The minimum absolute atomic E-state index is 0.0282. The molecule has 6 nitrogen and oxygen atoms in total. The van der Waals surface area contributed by atoms with Crippen LogP contribution >= 0.6 is 0 Å². The molecule has 0 aromatic carbocycles. The van der Waals surface area contributed by atoms with Crippen molar-refractivity contribution in [3.63, 3.8) is 0 Å². The molecule has 1 rings (SSSR count). The molecule has 1 atom stereocenters. The molecule has 0 saturated heterocycles. The van der Waals surface area contributed by atoms with E-state index in [1.165, 1.54) is 12.3 Å². The van der Waals surface area contributed by atoms with Crippen LogP contribution in [0.25, 0.3) is 0 Å². The van der Waals surface area contributed by atoms with Crippen LogP contribution in [0, 0.1) is 5.92 Å². The van der Waals surface area contributed by atoms with Crippen LogP contribution in [-0.2, 0) is 16.6 Å². The number of carbonyl (C=O) groups excluding carboxylic acids is 1. The summed E-state index contributed by atoms with van der Waals surface area (Å²) >= 11 is 0. The van der Waals surface area contributed by atoms with E-state index in [1.54, 1.807) is 4.57 Å². The van der Waals surface area contributed by atoms with Crippen LogP contribution in [0.4, 0.5) is 0 Å². The number of nitrogens with two attached hydrogens (primary N) is 1. The molecule has 1 unspecified atom stereocenters. The molecule has 1 aromatic heterocycles. The maximum Gasteiger partial charge on any atom is 0.268 e. The third-order valence-electron chi connectivity index (χ3n) is 3.10. The lowest BCUT2D eigenvalue weighted by Crippen LogP contribution is -2.34. The Morgan fingerprint density at radius 3 is 2.48 bits per heavy atom. The van der Waals surface area contributed by atoms with E-state index in [2.05, 4.69) is 19.2 Å². The lowest BCUT2D eigenvalue weighted by atomic mass is 10.1. The Kier molecular flexibility index (Phi) is 5.98. The minimum atomic E-state index is -3.80. The molecule has 1 heterocycles. The van der Waals surface area contributed by atoms with Gasteiger partial charge in [-0.3, -0.25) is 4.79 Å². The highest BCUT2D eigenvalue weighted by molar-refractivity contribution is 7.89. The Balaban J connectivity index is 2.99. The smallest absolute Gasteiger partial charge is 0.268 e. The summed E-state index contributed by atoms with van der Waals surface area (Å²) in [5, 5.41) is 8.03. The van der Waals surface area contributed by atoms with Crippen LogP contribution in [0.1, 0.15) is 51.0 Å². The van der Waals surface area contributed by atoms with E-state index >= 15 is 0 Å². The van der Waals surface area contributed by atoms with Gasteiger partial charge in [-0.15, -0.1) is 0 Å². The first-order valence-electron chi connectivity index (χ1n) is 7.19. The van der Waals surface area contributed by atoms with Gasteiger partial charge < -0.3 is 9.88 Å². The highest BCUT2D eigenvalue weighted by atomic mass is 32.2. The largest absolute Gasteiger partial charge is 0.348 e. The normalized spacial score (nSPS) is 13.4. The van der Waals surface area contributed by atoms with Crippen LogP contribution in [0.2, 0.25) is 0 Å². The molecule has 1 aromatic rings. The standard InChI is InChI=1S/C14H25N3O3S/c1-5-6-17-9-12(21(15,19)20)8-13(17)14(18)16-11(4)7-10(2)3/h8-11H,5-7H2,1-4H3,(H,16,18)(H2,15,19,20). The number of carbonyl (C=O) groups is 1. The summed E-state index contributed by atoms with van der Waals surface area (Å²) < 4.78 is 24.5. The number of amides is 1. The van der Waals surface area contributed by atoms with Crippen molar-refractivity contribution < 1.29 is 13.2 Å². The van der Waals surface area contributed by atoms with Gasteiger partial charge in [0, 0.05) is 18.8 Å². The van der Waals surface area contributed by atoms with Gasteiger partial charge in [0.25, 0.3) is 5.91 Å². The molecule has 0 aliphatic heterocycles. The Morgan fingerprint density at radius 1 is 1.38 bits per heavy atom. The van der Waals surface area contributed by atoms with Gasteiger partial charge in [0.1, 0.15) is 10.6 Å². The molecule has 0 aliphatic carbocycles. The van der Waals surface area contributed by atoms with Gasteiger partial charge in [-0.25, -0.2) is 13.6 Å². The number of aromatic nitrogens is 1. The summed E-state index contributed by atoms with van der Waals surface area (Å²) in [6.07, 6.45) is 3.07. The van der Waals surface area contributed by atoms with Gasteiger partial charge in [-0.05, 0) is 31.7 Å². The number of hydrogen-bond donors (Lipinski definition) is 2. The quantitative estimate of drug-likeness (QED) is 0.802. The molecular weight excluding hydrogens is 290 g/mol. The summed E-state index contributed by atoms with van der Waals surface area (Å²) in [5.41, 5.74) is 0.330. The Hall–Kier alpha value is -1.34. The fraction of sp³-hybridized carbons (Fsp3) is 0.643. The average molecular weight is 315 g/mol. The molecule has 21 heavy (non-hydrogen) atoms. The number of nitrogens with one attached hydrogen (secondary N) is 1. The second-order valence-electron chi connectivity index (χ2n) is 5.80. The number of hydrogen-bond acceptors (Lipinski definition) is 3. The van der Waals surface area contributed by atoms with Crippen molar-refractivity contribution in [1.82, 2.24) is 9.88 Å². The van der Waals surface area contributed by atoms with Crippen molar-refractivity contribution in [3.05, 3.63) is 18.0 Å². The van der Waals surface area contributed by atoms with Gasteiger partial charge in [0.2, 0.25) is 10.0 Å². The maximum atomic E-state index is 12.3. The van der Waals surface area contributed by atoms with Crippen molar-refractivity contribution >= 4 is 15.9 Å². The van der Waals surface area contributed by atoms with Gasteiger partial charge in [-0.1, -0.05) is 20.8 Å². The SMILES string of the molecule is CCCn1cc(S(N)(=O)=O)cc1C(=O)NC(C)CC(C)C. The highest BCUT2D eigenvalue weighted by Gasteiger charge is 2.20. The number of rotatable bonds is 7. The lowest BCUT2D eigenvalue weighted by Gasteiger charge is -2.16. The van der Waals surface area contributed by atoms with E-state index in [9.17, 15) is 13.2 Å². The summed E-state index contributed by atoms with van der Waals surface area (Å²) in [4.78, 5) is 12.3. The molecule has 0 fully saturated rings. The van der Waals surface area contributed by atoms with Crippen LogP contribution in [-0.4, -0.2) is 24.9 Å². The Labute approximate surface area is 126 Å². The summed E-state index contributed by atoms with van der Waals surface area (Å²) in [5.74, 6) is 0.203. The first kappa shape index (κ1) is 17.7. The lowest BCUT2D eigenvalue weighted by molar-refractivity contribution is 0.0926. The monoisotopic (exact) mass is 315 g/mol. The third-order valence-corrected chi connectivity index (χ3v) is 3.98. The molecule has 0 radical (unpaired) electrons. The van der Waals surface area contributed by atoms with Crippen molar-refractivity contribution in [2.75, 3.05) is 0 Å². The first-order valence-corrected chi connectivity index (χ1v) is 8.73. The molecule has 0 saturated carbocycles. The second kappa shape index (κ2) is 7.09. The average Bonchev–Trinajstić information content (AvgIpc) is 2.71. The Bertz CT molecular complexity index is 591. The van der Waals surface area contributed by atoms with E-state index in [0.29, 0.717) is 18.2 Å². The first-order chi connectivity index (χ1) is 9.65. The molecule has 3 N–H and O–H groups in total. The zero-order chi connectivity index (χ0) is 16.2. The van der Waals surface area contributed by atoms with Gasteiger partial charge in [-0.2, -0.15) is 0 Å². The van der Waals surface area contributed by atoms with Crippen molar-refractivity contribution in [3.8, 4) is 0 Å². The van der Waals surface area contributed by atoms with Gasteiger partial charge in [0.05, 0.1) is 0 Å². The van der Waals surface area contributed by atoms with Gasteiger partial charge >= 0.3 is 0 Å². The van der Waals surface area contributed by atoms with Gasteiger partial charge in [0.15, 0.2) is 0 Å². The zero-order valence-corrected chi connectivity index (χ0v) is 13.9. The fourth-order valence-electron chi connectivity index (χ4n) is 2.32. The molecular formula is C14H25N3O3S. The van der Waals surface area contributed by atoms with E-state index in [1.807, 2.05) is 13.8 Å². The minimum Gasteiger partial charge on any atom is -0.348 e. The fourth-order valence-corrected chi connectivity index (χ4v) is 2.87. The number of sulfonamides is 1. The predicted octanol–water partition coefficient (Wildman–Crippen LogP) is 1.71. The van der Waals surface area contributed by atoms with Crippen molar-refractivity contribution in [2.45, 2.75) is 58.0 Å². The summed E-state index contributed by atoms with van der Waals surface area (Å²) in [7, 11) is -3.80. The molecule has 120 valence electrons. The topological polar surface area (TPSA) is 94.2 Å². The van der Waals surface area contributed by atoms with Crippen molar-refractivity contribution in [2.24, 2.45) is 11.1 Å². The summed E-state index contributed by atoms with van der Waals surface area (Å²) in [6.45, 7) is 8.63. The second-order valence-corrected chi connectivity index (χ2v) is 7.36. The molecule has 0 spiro atoms. The molecule has 0 aliphatic rings. The zero-order valence-electron chi connectivity index (χ0n) is 13.1. The van der Waals surface area contributed by atoms with Crippen molar-refractivity contribution in [1.29, 1.82) is 0 Å². The number of primary sulfonamides is 1. The number of aryl methyl sites for hydroxylation is 1. The van der Waals surface area contributed by atoms with Crippen LogP contribution in [0.5, 0.6) is 0 Å². The third kappa shape index (κ3) is 5.17. The predicted molar refractivity (Wildman–Crippen MR) is 82.5 cm³/mol. The Morgan fingerprint density at radius 2 is 2.00 bits per heavy atom. The van der Waals surface area contributed by atoms with E-state index in [4.69, 9.17) is 5.14 Å².